The number of aryl methyl sites for hydroxylation is 1. The highest BCUT2D eigenvalue weighted by molar-refractivity contribution is 7.89. The van der Waals surface area contributed by atoms with Crippen LogP contribution in [-0.4, -0.2) is 74.1 Å². The van der Waals surface area contributed by atoms with Gasteiger partial charge in [-0.15, -0.1) is 0 Å². The lowest BCUT2D eigenvalue weighted by atomic mass is 10.1. The van der Waals surface area contributed by atoms with E-state index in [1.165, 1.54) is 15.3 Å². The van der Waals surface area contributed by atoms with Gasteiger partial charge in [0.2, 0.25) is 15.9 Å². The van der Waals surface area contributed by atoms with Crippen molar-refractivity contribution >= 4 is 21.8 Å². The minimum Gasteiger partial charge on any atom is -0.342 e. The Labute approximate surface area is 168 Å². The molecule has 0 aliphatic carbocycles. The minimum absolute atomic E-state index is 0.0386. The van der Waals surface area contributed by atoms with Gasteiger partial charge in [0.1, 0.15) is 0 Å². The quantitative estimate of drug-likeness (QED) is 0.691. The molecular weight excluding hydrogens is 378 g/mol. The lowest BCUT2D eigenvalue weighted by Crippen LogP contribution is -2.41. The van der Waals surface area contributed by atoms with Crippen LogP contribution in [0.5, 0.6) is 0 Å². The molecule has 1 aliphatic rings. The summed E-state index contributed by atoms with van der Waals surface area (Å²) in [5.41, 5.74) is 0.998. The van der Waals surface area contributed by atoms with Gasteiger partial charge < -0.3 is 9.80 Å². The van der Waals surface area contributed by atoms with Gasteiger partial charge in [0.05, 0.1) is 11.4 Å². The number of carbonyl (C=O) groups is 2. The zero-order valence-electron chi connectivity index (χ0n) is 17.3. The summed E-state index contributed by atoms with van der Waals surface area (Å²) in [6.07, 6.45) is 2.75. The summed E-state index contributed by atoms with van der Waals surface area (Å²) in [6.45, 7) is 7.70. The molecule has 8 heteroatoms. The average molecular weight is 410 g/mol. The van der Waals surface area contributed by atoms with E-state index in [1.54, 1.807) is 31.0 Å². The average Bonchev–Trinajstić information content (AvgIpc) is 2.69. The first kappa shape index (κ1) is 22.4. The van der Waals surface area contributed by atoms with E-state index >= 15 is 0 Å². The van der Waals surface area contributed by atoms with Crippen molar-refractivity contribution in [1.82, 2.24) is 14.1 Å². The maximum atomic E-state index is 12.9. The molecule has 0 radical (unpaired) electrons. The molecule has 2 rings (SSSR count). The lowest BCUT2D eigenvalue weighted by molar-refractivity contribution is -0.131. The third-order valence-corrected chi connectivity index (χ3v) is 7.12. The van der Waals surface area contributed by atoms with Gasteiger partial charge in [-0.25, -0.2) is 8.42 Å². The van der Waals surface area contributed by atoms with Crippen molar-refractivity contribution in [3.05, 3.63) is 29.3 Å². The summed E-state index contributed by atoms with van der Waals surface area (Å²) >= 11 is 0. The van der Waals surface area contributed by atoms with Gasteiger partial charge >= 0.3 is 0 Å². The number of carbonyl (C=O) groups excluding carboxylic acids is 2. The molecule has 1 heterocycles. The fourth-order valence-corrected chi connectivity index (χ4v) is 4.95. The Balaban J connectivity index is 2.24. The molecule has 0 saturated carbocycles. The monoisotopic (exact) mass is 409 g/mol. The second kappa shape index (κ2) is 9.52. The van der Waals surface area contributed by atoms with E-state index in [4.69, 9.17) is 0 Å². The maximum absolute atomic E-state index is 12.9. The Morgan fingerprint density at radius 2 is 1.68 bits per heavy atom. The Kier molecular flexibility index (Phi) is 7.60. The number of sulfonamides is 1. The van der Waals surface area contributed by atoms with Crippen LogP contribution in [0, 0.1) is 6.92 Å². The minimum atomic E-state index is -3.62. The molecule has 1 saturated heterocycles. The number of rotatable bonds is 7. The Morgan fingerprint density at radius 3 is 2.25 bits per heavy atom. The number of hydrogen-bond acceptors (Lipinski definition) is 4. The standard InChI is InChI=1S/C20H31N3O4S/c1-5-22(6-2)19(24)15-21(4)20(25)18-14-17(11-10-16(18)3)28(26,27)23-12-8-7-9-13-23/h10-11,14H,5-9,12-13,15H2,1-4H3. The van der Waals surface area contributed by atoms with Crippen molar-refractivity contribution in [1.29, 1.82) is 0 Å². The zero-order chi connectivity index (χ0) is 20.9. The van der Waals surface area contributed by atoms with Crippen molar-refractivity contribution < 1.29 is 18.0 Å². The topological polar surface area (TPSA) is 78.0 Å². The van der Waals surface area contributed by atoms with Crippen molar-refractivity contribution in [3.63, 3.8) is 0 Å². The maximum Gasteiger partial charge on any atom is 0.254 e. The van der Waals surface area contributed by atoms with Crippen LogP contribution < -0.4 is 0 Å². The van der Waals surface area contributed by atoms with Crippen LogP contribution in [0.1, 0.15) is 49.0 Å². The number of amides is 2. The predicted octanol–water partition coefficient (Wildman–Crippen LogP) is 2.11. The van der Waals surface area contributed by atoms with Crippen molar-refractivity contribution in [3.8, 4) is 0 Å². The zero-order valence-corrected chi connectivity index (χ0v) is 18.1. The largest absolute Gasteiger partial charge is 0.342 e. The van der Waals surface area contributed by atoms with E-state index in [0.717, 1.165) is 19.3 Å². The van der Waals surface area contributed by atoms with E-state index in [2.05, 4.69) is 0 Å². The molecule has 1 aliphatic heterocycles. The molecule has 1 aromatic rings. The third-order valence-electron chi connectivity index (χ3n) is 5.23. The summed E-state index contributed by atoms with van der Waals surface area (Å²) in [7, 11) is -2.05. The molecule has 0 spiro atoms. The molecule has 1 aromatic carbocycles. The highest BCUT2D eigenvalue weighted by Gasteiger charge is 2.28. The first-order chi connectivity index (χ1) is 13.2. The second-order valence-electron chi connectivity index (χ2n) is 7.17. The van der Waals surface area contributed by atoms with Gasteiger partial charge in [0.25, 0.3) is 5.91 Å². The van der Waals surface area contributed by atoms with Crippen molar-refractivity contribution in [2.24, 2.45) is 0 Å². The number of nitrogens with zero attached hydrogens (tertiary/aromatic N) is 3. The number of piperidine rings is 1. The molecule has 1 fully saturated rings. The summed E-state index contributed by atoms with van der Waals surface area (Å²) in [5.74, 6) is -0.482. The molecule has 0 aromatic heterocycles. The van der Waals surface area contributed by atoms with E-state index in [0.29, 0.717) is 37.3 Å². The predicted molar refractivity (Wildman–Crippen MR) is 109 cm³/mol. The fourth-order valence-electron chi connectivity index (χ4n) is 3.40. The van der Waals surface area contributed by atoms with Crippen LogP contribution in [0.4, 0.5) is 0 Å². The second-order valence-corrected chi connectivity index (χ2v) is 9.11. The Morgan fingerprint density at radius 1 is 1.07 bits per heavy atom. The van der Waals surface area contributed by atoms with Gasteiger partial charge in [-0.1, -0.05) is 12.5 Å². The van der Waals surface area contributed by atoms with Crippen LogP contribution in [0.15, 0.2) is 23.1 Å². The highest BCUT2D eigenvalue weighted by Crippen LogP contribution is 2.23. The van der Waals surface area contributed by atoms with Gasteiger partial charge in [-0.3, -0.25) is 9.59 Å². The van der Waals surface area contributed by atoms with Crippen LogP contribution in [0.2, 0.25) is 0 Å². The molecule has 0 N–H and O–H groups in total. The molecule has 156 valence electrons. The van der Waals surface area contributed by atoms with Crippen LogP contribution >= 0.6 is 0 Å². The molecular formula is C20H31N3O4S. The van der Waals surface area contributed by atoms with Gasteiger partial charge in [-0.2, -0.15) is 4.31 Å². The first-order valence-electron chi connectivity index (χ1n) is 9.86. The molecule has 7 nitrogen and oxygen atoms in total. The third kappa shape index (κ3) is 4.91. The molecule has 0 atom stereocenters. The SMILES string of the molecule is CCN(CC)C(=O)CN(C)C(=O)c1cc(S(=O)(=O)N2CCCCC2)ccc1C. The van der Waals surface area contributed by atoms with Crippen LogP contribution in [0.3, 0.4) is 0 Å². The smallest absolute Gasteiger partial charge is 0.254 e. The lowest BCUT2D eigenvalue weighted by Gasteiger charge is -2.26. The van der Waals surface area contributed by atoms with E-state index < -0.39 is 10.0 Å². The summed E-state index contributed by atoms with van der Waals surface area (Å²) in [5, 5.41) is 0. The van der Waals surface area contributed by atoms with Gasteiger partial charge in [0.15, 0.2) is 0 Å². The first-order valence-corrected chi connectivity index (χ1v) is 11.3. The van der Waals surface area contributed by atoms with Gasteiger partial charge in [0, 0.05) is 38.8 Å². The van der Waals surface area contributed by atoms with Crippen molar-refractivity contribution in [2.45, 2.75) is 44.9 Å². The molecule has 28 heavy (non-hydrogen) atoms. The van der Waals surface area contributed by atoms with Gasteiger partial charge in [-0.05, 0) is 51.3 Å². The number of hydrogen-bond donors (Lipinski definition) is 0. The van der Waals surface area contributed by atoms with E-state index in [9.17, 15) is 18.0 Å². The number of benzene rings is 1. The highest BCUT2D eigenvalue weighted by atomic mass is 32.2. The molecule has 0 bridgehead atoms. The summed E-state index contributed by atoms with van der Waals surface area (Å²) in [6, 6.07) is 4.65. The van der Waals surface area contributed by atoms with E-state index in [-0.39, 0.29) is 23.3 Å². The fraction of sp³-hybridized carbons (Fsp3) is 0.600. The number of likely N-dealkylation sites (N-methyl/N-ethyl adjacent to an activating group) is 2. The Hall–Kier alpha value is -1.93. The van der Waals surface area contributed by atoms with Crippen LogP contribution in [-0.2, 0) is 14.8 Å². The summed E-state index contributed by atoms with van der Waals surface area (Å²) in [4.78, 5) is 28.3. The molecule has 0 unspecified atom stereocenters. The molecule has 2 amide bonds. The van der Waals surface area contributed by atoms with E-state index in [1.807, 2.05) is 13.8 Å². The van der Waals surface area contributed by atoms with Crippen molar-refractivity contribution in [2.75, 3.05) is 39.8 Å². The Bertz CT molecular complexity index is 813. The normalized spacial score (nSPS) is 15.3. The van der Waals surface area contributed by atoms with Crippen LogP contribution in [0.25, 0.3) is 0 Å². The summed E-state index contributed by atoms with van der Waals surface area (Å²) < 4.78 is 27.3.